The molecule has 3 nitrogen and oxygen atoms in total. The van der Waals surface area contributed by atoms with Gasteiger partial charge in [0.25, 0.3) is 0 Å². The molecule has 0 amide bonds. The van der Waals surface area contributed by atoms with Crippen LogP contribution in [0.1, 0.15) is 34.1 Å². The molecule has 0 aromatic rings. The summed E-state index contributed by atoms with van der Waals surface area (Å²) in [5, 5.41) is -0.283. The SMILES string of the molecule is CC(C)C1CCN1S(=O)(=O)C(C)C. The highest BCUT2D eigenvalue weighted by molar-refractivity contribution is 7.89. The fourth-order valence-corrected chi connectivity index (χ4v) is 3.26. The van der Waals surface area contributed by atoms with Crippen LogP contribution in [0.5, 0.6) is 0 Å². The third-order valence-electron chi connectivity index (χ3n) is 2.71. The Bertz CT molecular complexity index is 269. The number of hydrogen-bond acceptors (Lipinski definition) is 2. The molecule has 0 aromatic heterocycles. The number of hydrogen-bond donors (Lipinski definition) is 0. The van der Waals surface area contributed by atoms with Crippen molar-refractivity contribution in [2.24, 2.45) is 5.92 Å². The molecule has 0 spiro atoms. The molecule has 1 atom stereocenters. The summed E-state index contributed by atoms with van der Waals surface area (Å²) in [4.78, 5) is 0. The fraction of sp³-hybridized carbons (Fsp3) is 1.00. The van der Waals surface area contributed by atoms with Crippen LogP contribution in [-0.2, 0) is 10.0 Å². The minimum Gasteiger partial charge on any atom is -0.212 e. The van der Waals surface area contributed by atoms with Crippen LogP contribution in [0.2, 0.25) is 0 Å². The first-order chi connectivity index (χ1) is 5.87. The molecule has 1 unspecified atom stereocenters. The Hall–Kier alpha value is -0.0900. The first kappa shape index (κ1) is 11.0. The van der Waals surface area contributed by atoms with E-state index in [1.165, 1.54) is 0 Å². The van der Waals surface area contributed by atoms with Crippen LogP contribution in [0.4, 0.5) is 0 Å². The summed E-state index contributed by atoms with van der Waals surface area (Å²) in [7, 11) is -3.00. The lowest BCUT2D eigenvalue weighted by molar-refractivity contribution is 0.149. The molecule has 1 rings (SSSR count). The van der Waals surface area contributed by atoms with Crippen LogP contribution in [0.3, 0.4) is 0 Å². The Morgan fingerprint density at radius 1 is 1.23 bits per heavy atom. The molecule has 1 heterocycles. The highest BCUT2D eigenvalue weighted by Crippen LogP contribution is 2.29. The van der Waals surface area contributed by atoms with Gasteiger partial charge in [0.1, 0.15) is 0 Å². The molecule has 0 radical (unpaired) electrons. The molecule has 1 saturated heterocycles. The predicted octanol–water partition coefficient (Wildman–Crippen LogP) is 1.45. The predicted molar refractivity (Wildman–Crippen MR) is 54.0 cm³/mol. The van der Waals surface area contributed by atoms with Crippen molar-refractivity contribution >= 4 is 10.0 Å². The molecule has 0 saturated carbocycles. The van der Waals surface area contributed by atoms with E-state index >= 15 is 0 Å². The van der Waals surface area contributed by atoms with Crippen LogP contribution < -0.4 is 0 Å². The maximum absolute atomic E-state index is 11.8. The Morgan fingerprint density at radius 3 is 2.00 bits per heavy atom. The van der Waals surface area contributed by atoms with Gasteiger partial charge >= 0.3 is 0 Å². The number of nitrogens with zero attached hydrogens (tertiary/aromatic N) is 1. The molecule has 1 fully saturated rings. The van der Waals surface area contributed by atoms with Gasteiger partial charge in [0.05, 0.1) is 5.25 Å². The first-order valence-electron chi connectivity index (χ1n) is 4.88. The summed E-state index contributed by atoms with van der Waals surface area (Å²) in [6.07, 6.45) is 1.02. The summed E-state index contributed by atoms with van der Waals surface area (Å²) < 4.78 is 25.2. The minimum atomic E-state index is -3.00. The molecule has 78 valence electrons. The standard InChI is InChI=1S/C9H19NO2S/c1-7(2)9-5-6-10(9)13(11,12)8(3)4/h7-9H,5-6H2,1-4H3. The van der Waals surface area contributed by atoms with Crippen molar-refractivity contribution in [2.75, 3.05) is 6.54 Å². The topological polar surface area (TPSA) is 37.4 Å². The van der Waals surface area contributed by atoms with Crippen molar-refractivity contribution in [1.29, 1.82) is 0 Å². The monoisotopic (exact) mass is 205 g/mol. The molecule has 4 heteroatoms. The highest BCUT2D eigenvalue weighted by Gasteiger charge is 2.40. The molecule has 0 N–H and O–H groups in total. The normalized spacial score (nSPS) is 25.2. The van der Waals surface area contributed by atoms with Gasteiger partial charge in [-0.25, -0.2) is 8.42 Å². The lowest BCUT2D eigenvalue weighted by atomic mass is 9.95. The van der Waals surface area contributed by atoms with E-state index in [0.717, 1.165) is 6.42 Å². The lowest BCUT2D eigenvalue weighted by Crippen LogP contribution is -2.55. The van der Waals surface area contributed by atoms with E-state index in [2.05, 4.69) is 13.8 Å². The van der Waals surface area contributed by atoms with Gasteiger partial charge in [-0.3, -0.25) is 0 Å². The van der Waals surface area contributed by atoms with Crippen molar-refractivity contribution in [3.63, 3.8) is 0 Å². The number of rotatable bonds is 3. The van der Waals surface area contributed by atoms with Crippen LogP contribution in [0.15, 0.2) is 0 Å². The van der Waals surface area contributed by atoms with Gasteiger partial charge in [-0.1, -0.05) is 13.8 Å². The van der Waals surface area contributed by atoms with Crippen LogP contribution in [0, 0.1) is 5.92 Å². The molecule has 0 aromatic carbocycles. The zero-order valence-corrected chi connectivity index (χ0v) is 9.63. The van der Waals surface area contributed by atoms with E-state index in [1.54, 1.807) is 18.2 Å². The molecule has 1 aliphatic rings. The van der Waals surface area contributed by atoms with E-state index < -0.39 is 10.0 Å². The quantitative estimate of drug-likeness (QED) is 0.699. The lowest BCUT2D eigenvalue weighted by Gasteiger charge is -2.43. The third kappa shape index (κ3) is 1.89. The molecule has 0 aliphatic carbocycles. The van der Waals surface area contributed by atoms with Crippen LogP contribution in [-0.4, -0.2) is 30.6 Å². The van der Waals surface area contributed by atoms with E-state index in [4.69, 9.17) is 0 Å². The second-order valence-electron chi connectivity index (χ2n) is 4.30. The molecular weight excluding hydrogens is 186 g/mol. The van der Waals surface area contributed by atoms with Crippen molar-refractivity contribution in [3.8, 4) is 0 Å². The van der Waals surface area contributed by atoms with Crippen molar-refractivity contribution < 1.29 is 8.42 Å². The first-order valence-corrected chi connectivity index (χ1v) is 6.38. The van der Waals surface area contributed by atoms with Crippen molar-refractivity contribution in [3.05, 3.63) is 0 Å². The molecule has 13 heavy (non-hydrogen) atoms. The van der Waals surface area contributed by atoms with Crippen molar-refractivity contribution in [1.82, 2.24) is 4.31 Å². The largest absolute Gasteiger partial charge is 0.216 e. The second-order valence-corrected chi connectivity index (χ2v) is 6.75. The summed E-state index contributed by atoms with van der Waals surface area (Å²) in [6, 6.07) is 0.243. The minimum absolute atomic E-state index is 0.243. The van der Waals surface area contributed by atoms with E-state index in [1.807, 2.05) is 0 Å². The van der Waals surface area contributed by atoms with Crippen LogP contribution in [0.25, 0.3) is 0 Å². The van der Waals surface area contributed by atoms with Crippen molar-refractivity contribution in [2.45, 2.75) is 45.4 Å². The Labute approximate surface area is 81.2 Å². The summed E-state index contributed by atoms with van der Waals surface area (Å²) in [6.45, 7) is 8.35. The summed E-state index contributed by atoms with van der Waals surface area (Å²) >= 11 is 0. The Morgan fingerprint density at radius 2 is 1.77 bits per heavy atom. The van der Waals surface area contributed by atoms with E-state index in [-0.39, 0.29) is 11.3 Å². The highest BCUT2D eigenvalue weighted by atomic mass is 32.2. The van der Waals surface area contributed by atoms with Gasteiger partial charge in [0.15, 0.2) is 0 Å². The average Bonchev–Trinajstić information content (AvgIpc) is 1.80. The third-order valence-corrected chi connectivity index (χ3v) is 5.01. The maximum atomic E-state index is 11.8. The van der Waals surface area contributed by atoms with Crippen LogP contribution >= 0.6 is 0 Å². The van der Waals surface area contributed by atoms with Gasteiger partial charge in [-0.05, 0) is 26.2 Å². The van der Waals surface area contributed by atoms with Gasteiger partial charge in [0, 0.05) is 12.6 Å². The molecular formula is C9H19NO2S. The smallest absolute Gasteiger partial charge is 0.212 e. The fourth-order valence-electron chi connectivity index (χ4n) is 1.64. The van der Waals surface area contributed by atoms with E-state index in [9.17, 15) is 8.42 Å². The summed E-state index contributed by atoms with van der Waals surface area (Å²) in [5.41, 5.74) is 0. The average molecular weight is 205 g/mol. The number of sulfonamides is 1. The molecule has 1 aliphatic heterocycles. The zero-order chi connectivity index (χ0) is 10.2. The Balaban J connectivity index is 2.75. The Kier molecular flexibility index (Phi) is 3.02. The second kappa shape index (κ2) is 3.58. The molecule has 0 bridgehead atoms. The maximum Gasteiger partial charge on any atom is 0.216 e. The zero-order valence-electron chi connectivity index (χ0n) is 8.82. The summed E-state index contributed by atoms with van der Waals surface area (Å²) in [5.74, 6) is 0.433. The van der Waals surface area contributed by atoms with Gasteiger partial charge in [-0.2, -0.15) is 4.31 Å². The van der Waals surface area contributed by atoms with Gasteiger partial charge < -0.3 is 0 Å². The van der Waals surface area contributed by atoms with Gasteiger partial charge in [0.2, 0.25) is 10.0 Å². The van der Waals surface area contributed by atoms with E-state index in [0.29, 0.717) is 12.5 Å². The van der Waals surface area contributed by atoms with Gasteiger partial charge in [-0.15, -0.1) is 0 Å².